The van der Waals surface area contributed by atoms with Gasteiger partial charge >= 0.3 is 0 Å². The standard InChI is InChI=1S/C18H20N2O2/c1-13-7-8-14(11-17(13)22-2)12-18(21)20-10-4-5-15-16(20)6-3-9-19-15/h3,6-9,11H,4-5,10,12H2,1-2H3. The molecule has 0 spiro atoms. The Labute approximate surface area is 130 Å². The number of anilines is 1. The summed E-state index contributed by atoms with van der Waals surface area (Å²) >= 11 is 0. The van der Waals surface area contributed by atoms with Crippen LogP contribution in [0.2, 0.25) is 0 Å². The van der Waals surface area contributed by atoms with Crippen molar-refractivity contribution < 1.29 is 9.53 Å². The van der Waals surface area contributed by atoms with Gasteiger partial charge in [0.25, 0.3) is 0 Å². The molecule has 22 heavy (non-hydrogen) atoms. The van der Waals surface area contributed by atoms with Gasteiger partial charge in [-0.15, -0.1) is 0 Å². The Morgan fingerprint density at radius 3 is 3.05 bits per heavy atom. The Kier molecular flexibility index (Phi) is 4.09. The molecule has 0 saturated heterocycles. The molecule has 0 aliphatic carbocycles. The number of carbonyl (C=O) groups is 1. The lowest BCUT2D eigenvalue weighted by Crippen LogP contribution is -2.36. The molecule has 3 rings (SSSR count). The number of methoxy groups -OCH3 is 1. The maximum absolute atomic E-state index is 12.7. The number of hydrogen-bond donors (Lipinski definition) is 0. The van der Waals surface area contributed by atoms with Crippen LogP contribution in [0.1, 0.15) is 23.2 Å². The van der Waals surface area contributed by atoms with E-state index in [1.54, 1.807) is 13.3 Å². The Morgan fingerprint density at radius 1 is 1.36 bits per heavy atom. The summed E-state index contributed by atoms with van der Waals surface area (Å²) in [7, 11) is 1.65. The highest BCUT2D eigenvalue weighted by molar-refractivity contribution is 5.95. The van der Waals surface area contributed by atoms with E-state index in [-0.39, 0.29) is 5.91 Å². The number of aryl methyl sites for hydroxylation is 2. The van der Waals surface area contributed by atoms with Crippen LogP contribution in [0.5, 0.6) is 5.75 Å². The first-order valence-electron chi connectivity index (χ1n) is 7.57. The molecule has 0 N–H and O–H groups in total. The van der Waals surface area contributed by atoms with Crippen LogP contribution in [0.25, 0.3) is 0 Å². The van der Waals surface area contributed by atoms with E-state index in [9.17, 15) is 4.79 Å². The third kappa shape index (κ3) is 2.82. The summed E-state index contributed by atoms with van der Waals surface area (Å²) < 4.78 is 5.33. The zero-order valence-electron chi connectivity index (χ0n) is 13.0. The number of fused-ring (bicyclic) bond motifs is 1. The van der Waals surface area contributed by atoms with Crippen LogP contribution in [0.3, 0.4) is 0 Å². The van der Waals surface area contributed by atoms with Gasteiger partial charge in [0.1, 0.15) is 5.75 Å². The van der Waals surface area contributed by atoms with Crippen molar-refractivity contribution in [2.75, 3.05) is 18.6 Å². The van der Waals surface area contributed by atoms with Gasteiger partial charge in [-0.05, 0) is 49.1 Å². The lowest BCUT2D eigenvalue weighted by atomic mass is 10.0. The Morgan fingerprint density at radius 2 is 2.23 bits per heavy atom. The number of ether oxygens (including phenoxy) is 1. The molecule has 0 bridgehead atoms. The Hall–Kier alpha value is -2.36. The van der Waals surface area contributed by atoms with E-state index in [0.717, 1.165) is 47.6 Å². The van der Waals surface area contributed by atoms with E-state index in [2.05, 4.69) is 4.98 Å². The minimum atomic E-state index is 0.111. The molecule has 1 aromatic carbocycles. The molecule has 0 atom stereocenters. The van der Waals surface area contributed by atoms with Crippen LogP contribution in [0, 0.1) is 6.92 Å². The highest BCUT2D eigenvalue weighted by atomic mass is 16.5. The van der Waals surface area contributed by atoms with Gasteiger partial charge in [0.2, 0.25) is 5.91 Å². The maximum Gasteiger partial charge on any atom is 0.231 e. The summed E-state index contributed by atoms with van der Waals surface area (Å²) in [5.74, 6) is 0.936. The van der Waals surface area contributed by atoms with Gasteiger partial charge < -0.3 is 9.64 Å². The molecule has 2 aromatic rings. The monoisotopic (exact) mass is 296 g/mol. The van der Waals surface area contributed by atoms with Crippen molar-refractivity contribution in [3.8, 4) is 5.75 Å². The van der Waals surface area contributed by atoms with E-state index >= 15 is 0 Å². The number of carbonyl (C=O) groups excluding carboxylic acids is 1. The summed E-state index contributed by atoms with van der Waals surface area (Å²) in [5, 5.41) is 0. The molecule has 0 saturated carbocycles. The molecule has 2 heterocycles. The summed E-state index contributed by atoms with van der Waals surface area (Å²) in [5.41, 5.74) is 4.02. The largest absolute Gasteiger partial charge is 0.496 e. The van der Waals surface area contributed by atoms with Crippen molar-refractivity contribution >= 4 is 11.6 Å². The zero-order chi connectivity index (χ0) is 15.5. The van der Waals surface area contributed by atoms with Gasteiger partial charge in [-0.1, -0.05) is 12.1 Å². The SMILES string of the molecule is COc1cc(CC(=O)N2CCCc3ncccc32)ccc1C. The first-order chi connectivity index (χ1) is 10.7. The zero-order valence-corrected chi connectivity index (χ0v) is 13.0. The van der Waals surface area contributed by atoms with E-state index in [1.807, 2.05) is 42.2 Å². The number of nitrogens with zero attached hydrogens (tertiary/aromatic N) is 2. The number of aromatic nitrogens is 1. The van der Waals surface area contributed by atoms with Crippen LogP contribution < -0.4 is 9.64 Å². The number of benzene rings is 1. The van der Waals surface area contributed by atoms with Gasteiger partial charge in [-0.3, -0.25) is 9.78 Å². The summed E-state index contributed by atoms with van der Waals surface area (Å²) in [4.78, 5) is 18.9. The molecule has 0 fully saturated rings. The van der Waals surface area contributed by atoms with Gasteiger partial charge in [-0.2, -0.15) is 0 Å². The molecule has 114 valence electrons. The first-order valence-corrected chi connectivity index (χ1v) is 7.57. The minimum Gasteiger partial charge on any atom is -0.496 e. The topological polar surface area (TPSA) is 42.4 Å². The van der Waals surface area contributed by atoms with E-state index in [4.69, 9.17) is 4.74 Å². The summed E-state index contributed by atoms with van der Waals surface area (Å²) in [6.45, 7) is 2.76. The third-order valence-electron chi connectivity index (χ3n) is 4.08. The summed E-state index contributed by atoms with van der Waals surface area (Å²) in [6.07, 6.45) is 4.08. The van der Waals surface area contributed by atoms with Crippen molar-refractivity contribution in [3.63, 3.8) is 0 Å². The molecule has 1 aliphatic rings. The van der Waals surface area contributed by atoms with Crippen molar-refractivity contribution in [2.45, 2.75) is 26.2 Å². The summed E-state index contributed by atoms with van der Waals surface area (Å²) in [6, 6.07) is 9.80. The average Bonchev–Trinajstić information content (AvgIpc) is 2.56. The molecule has 1 aromatic heterocycles. The fourth-order valence-corrected chi connectivity index (χ4v) is 2.90. The molecule has 1 amide bonds. The van der Waals surface area contributed by atoms with Crippen LogP contribution in [0.15, 0.2) is 36.5 Å². The lowest BCUT2D eigenvalue weighted by Gasteiger charge is -2.28. The predicted molar refractivity (Wildman–Crippen MR) is 86.3 cm³/mol. The van der Waals surface area contributed by atoms with E-state index in [1.165, 1.54) is 0 Å². The van der Waals surface area contributed by atoms with Gasteiger partial charge in [0, 0.05) is 12.7 Å². The molecular weight excluding hydrogens is 276 g/mol. The average molecular weight is 296 g/mol. The molecule has 1 aliphatic heterocycles. The molecule has 0 radical (unpaired) electrons. The van der Waals surface area contributed by atoms with Crippen LogP contribution >= 0.6 is 0 Å². The van der Waals surface area contributed by atoms with Crippen LogP contribution in [-0.2, 0) is 17.6 Å². The molecule has 0 unspecified atom stereocenters. The highest BCUT2D eigenvalue weighted by Crippen LogP contribution is 2.26. The highest BCUT2D eigenvalue weighted by Gasteiger charge is 2.23. The minimum absolute atomic E-state index is 0.111. The first kappa shape index (κ1) is 14.6. The fraction of sp³-hybridized carbons (Fsp3) is 0.333. The number of hydrogen-bond acceptors (Lipinski definition) is 3. The second kappa shape index (κ2) is 6.18. The van der Waals surface area contributed by atoms with Crippen LogP contribution in [-0.4, -0.2) is 24.5 Å². The quantitative estimate of drug-likeness (QED) is 0.874. The van der Waals surface area contributed by atoms with Crippen molar-refractivity contribution in [1.82, 2.24) is 4.98 Å². The maximum atomic E-state index is 12.7. The Balaban J connectivity index is 1.81. The lowest BCUT2D eigenvalue weighted by molar-refractivity contribution is -0.118. The van der Waals surface area contributed by atoms with Gasteiger partial charge in [-0.25, -0.2) is 0 Å². The number of rotatable bonds is 3. The Bertz CT molecular complexity index is 697. The normalized spacial score (nSPS) is 13.6. The van der Waals surface area contributed by atoms with Crippen molar-refractivity contribution in [1.29, 1.82) is 0 Å². The predicted octanol–water partition coefficient (Wildman–Crippen LogP) is 2.92. The van der Waals surface area contributed by atoms with E-state index in [0.29, 0.717) is 6.42 Å². The number of amides is 1. The van der Waals surface area contributed by atoms with Gasteiger partial charge in [0.15, 0.2) is 0 Å². The van der Waals surface area contributed by atoms with Crippen LogP contribution in [0.4, 0.5) is 5.69 Å². The second-order valence-electron chi connectivity index (χ2n) is 5.60. The third-order valence-corrected chi connectivity index (χ3v) is 4.08. The smallest absolute Gasteiger partial charge is 0.231 e. The van der Waals surface area contributed by atoms with Crippen molar-refractivity contribution in [3.05, 3.63) is 53.3 Å². The fourth-order valence-electron chi connectivity index (χ4n) is 2.90. The molecular formula is C18H20N2O2. The van der Waals surface area contributed by atoms with Crippen molar-refractivity contribution in [2.24, 2.45) is 0 Å². The van der Waals surface area contributed by atoms with Gasteiger partial charge in [0.05, 0.1) is 24.9 Å². The second-order valence-corrected chi connectivity index (χ2v) is 5.60. The van der Waals surface area contributed by atoms with E-state index < -0.39 is 0 Å². The molecule has 4 nitrogen and oxygen atoms in total. The molecule has 4 heteroatoms. The number of pyridine rings is 1.